The minimum atomic E-state index is 0.913. The molecule has 0 aliphatic rings. The third kappa shape index (κ3) is 10.2. The maximum absolute atomic E-state index is 5.25. The van der Waals surface area contributed by atoms with Gasteiger partial charge in [0.2, 0.25) is 0 Å². The Bertz CT molecular complexity index is 1590. The zero-order valence-corrected chi connectivity index (χ0v) is 30.8. The number of benzene rings is 2. The van der Waals surface area contributed by atoms with Crippen LogP contribution in [0.5, 0.6) is 0 Å². The fraction of sp³-hybridized carbons (Fsp3) is 0.537. The van der Waals surface area contributed by atoms with E-state index in [9.17, 15) is 0 Å². The molecule has 0 unspecified atom stereocenters. The van der Waals surface area contributed by atoms with E-state index in [0.29, 0.717) is 0 Å². The lowest BCUT2D eigenvalue weighted by atomic mass is 10.1. The van der Waals surface area contributed by atoms with Gasteiger partial charge in [-0.3, -0.25) is 0 Å². The van der Waals surface area contributed by atoms with E-state index in [4.69, 9.17) is 15.0 Å². The Balaban J connectivity index is 1.27. The molecule has 0 aliphatic carbocycles. The molecule has 5 aromatic rings. The van der Waals surface area contributed by atoms with Gasteiger partial charge >= 0.3 is 0 Å². The average molecular weight is 652 g/mol. The van der Waals surface area contributed by atoms with Gasteiger partial charge in [-0.05, 0) is 74.9 Å². The number of aromatic nitrogens is 5. The molecule has 3 heterocycles. The van der Waals surface area contributed by atoms with Gasteiger partial charge in [0.15, 0.2) is 11.6 Å². The first-order valence-electron chi connectivity index (χ1n) is 18.6. The number of hydrogen-bond acceptors (Lipinski definition) is 3. The molecule has 0 N–H and O–H groups in total. The molecule has 0 fully saturated rings. The number of imidazole rings is 2. The molecule has 0 saturated carbocycles. The van der Waals surface area contributed by atoms with Gasteiger partial charge in [-0.1, -0.05) is 68.9 Å². The normalized spacial score (nSPS) is 12.5. The summed E-state index contributed by atoms with van der Waals surface area (Å²) in [7, 11) is 13.7. The van der Waals surface area contributed by atoms with Crippen molar-refractivity contribution in [3.05, 3.63) is 66.7 Å². The predicted molar refractivity (Wildman–Crippen MR) is 203 cm³/mol. The van der Waals surface area contributed by atoms with Crippen molar-refractivity contribution in [2.24, 2.45) is 0 Å². The standard InChI is InChI=1S/C41H61N7/c1-47(2,3)32-21-13-9-7-11-19-30-45-38-28-17-15-24-34(38)43-40(45)36-26-23-27-37(42-36)41-44-35-25-16-18-29-39(35)46(41)31-20-12-8-10-14-22-33-48(4,5)6/h15-18,23-29H,7-14,19-22,30-33H2,1-6H3/q+2. The number of fused-ring (bicyclic) bond motifs is 2. The van der Waals surface area contributed by atoms with Crippen LogP contribution in [0.15, 0.2) is 66.7 Å². The van der Waals surface area contributed by atoms with Crippen molar-refractivity contribution in [3.63, 3.8) is 0 Å². The molecule has 0 bridgehead atoms. The van der Waals surface area contributed by atoms with E-state index in [-0.39, 0.29) is 0 Å². The van der Waals surface area contributed by atoms with Crippen LogP contribution in [0.2, 0.25) is 0 Å². The van der Waals surface area contributed by atoms with E-state index in [2.05, 4.69) is 118 Å². The Hall–Kier alpha value is -3.55. The van der Waals surface area contributed by atoms with Crippen LogP contribution in [0.3, 0.4) is 0 Å². The number of quaternary nitrogens is 2. The third-order valence-corrected chi connectivity index (χ3v) is 9.44. The van der Waals surface area contributed by atoms with E-state index in [1.807, 2.05) is 0 Å². The van der Waals surface area contributed by atoms with Crippen molar-refractivity contribution in [2.45, 2.75) is 90.1 Å². The first kappa shape index (κ1) is 35.7. The third-order valence-electron chi connectivity index (χ3n) is 9.44. The van der Waals surface area contributed by atoms with Gasteiger partial charge < -0.3 is 18.1 Å². The maximum atomic E-state index is 5.25. The lowest BCUT2D eigenvalue weighted by molar-refractivity contribution is -0.870. The zero-order valence-electron chi connectivity index (χ0n) is 30.8. The largest absolute Gasteiger partial charge is 0.331 e. The van der Waals surface area contributed by atoms with Crippen LogP contribution in [0, 0.1) is 0 Å². The van der Waals surface area contributed by atoms with Gasteiger partial charge in [-0.15, -0.1) is 0 Å². The summed E-state index contributed by atoms with van der Waals surface area (Å²) in [5.41, 5.74) is 6.27. The Kier molecular flexibility index (Phi) is 12.4. The molecule has 2 aromatic carbocycles. The summed E-state index contributed by atoms with van der Waals surface area (Å²) in [6.07, 6.45) is 15.3. The fourth-order valence-corrected chi connectivity index (χ4v) is 6.80. The summed E-state index contributed by atoms with van der Waals surface area (Å²) in [5.74, 6) is 1.91. The van der Waals surface area contributed by atoms with Crippen LogP contribution < -0.4 is 0 Å². The van der Waals surface area contributed by atoms with Crippen molar-refractivity contribution in [1.29, 1.82) is 0 Å². The Morgan fingerprint density at radius 3 is 1.21 bits per heavy atom. The monoisotopic (exact) mass is 651 g/mol. The van der Waals surface area contributed by atoms with E-state index in [0.717, 1.165) is 69.0 Å². The molecule has 7 nitrogen and oxygen atoms in total. The van der Waals surface area contributed by atoms with E-state index < -0.39 is 0 Å². The maximum Gasteiger partial charge on any atom is 0.159 e. The number of rotatable bonds is 20. The number of para-hydroxylation sites is 4. The second kappa shape index (κ2) is 16.7. The summed E-state index contributed by atoms with van der Waals surface area (Å²) in [4.78, 5) is 15.5. The van der Waals surface area contributed by atoms with Crippen LogP contribution in [0.4, 0.5) is 0 Å². The SMILES string of the molecule is C[N+](C)(C)CCCCCCCCn1c(-c2cccc(-c3nc4ccccc4n3CCCCCCCC[N+](C)(C)C)n2)nc2ccccc21. The molecule has 0 radical (unpaired) electrons. The van der Waals surface area contributed by atoms with Crippen molar-refractivity contribution >= 4 is 22.1 Å². The number of hydrogen-bond donors (Lipinski definition) is 0. The molecule has 0 spiro atoms. The number of nitrogens with zero attached hydrogens (tertiary/aromatic N) is 7. The van der Waals surface area contributed by atoms with Gasteiger partial charge in [0.25, 0.3) is 0 Å². The van der Waals surface area contributed by atoms with Gasteiger partial charge in [0, 0.05) is 13.1 Å². The molecular formula is C41H61N7+2. The van der Waals surface area contributed by atoms with Gasteiger partial charge in [-0.25, -0.2) is 15.0 Å². The molecule has 48 heavy (non-hydrogen) atoms. The smallest absolute Gasteiger partial charge is 0.159 e. The van der Waals surface area contributed by atoms with Crippen LogP contribution in [0.1, 0.15) is 77.0 Å². The summed E-state index contributed by atoms with van der Waals surface area (Å²) >= 11 is 0. The number of unbranched alkanes of at least 4 members (excludes halogenated alkanes) is 10. The molecule has 5 rings (SSSR count). The topological polar surface area (TPSA) is 48.5 Å². The second-order valence-corrected chi connectivity index (χ2v) is 15.8. The second-order valence-electron chi connectivity index (χ2n) is 15.8. The van der Waals surface area contributed by atoms with Crippen molar-refractivity contribution in [1.82, 2.24) is 24.1 Å². The predicted octanol–water partition coefficient (Wildman–Crippen LogP) is 9.21. The minimum Gasteiger partial charge on any atom is -0.331 e. The quantitative estimate of drug-likeness (QED) is 0.0623. The summed E-state index contributed by atoms with van der Waals surface area (Å²) in [6.45, 7) is 4.41. The van der Waals surface area contributed by atoms with E-state index in [1.54, 1.807) is 0 Å². The fourth-order valence-electron chi connectivity index (χ4n) is 6.80. The molecule has 0 aliphatic heterocycles. The van der Waals surface area contributed by atoms with Gasteiger partial charge in [0.05, 0.1) is 77.4 Å². The Labute approximate surface area is 289 Å². The first-order chi connectivity index (χ1) is 23.1. The van der Waals surface area contributed by atoms with Gasteiger partial charge in [0.1, 0.15) is 11.4 Å². The molecular weight excluding hydrogens is 591 g/mol. The van der Waals surface area contributed by atoms with E-state index >= 15 is 0 Å². The lowest BCUT2D eigenvalue weighted by Crippen LogP contribution is -2.35. The van der Waals surface area contributed by atoms with E-state index in [1.165, 1.54) is 88.3 Å². The lowest BCUT2D eigenvalue weighted by Gasteiger charge is -2.23. The highest BCUT2D eigenvalue weighted by atomic mass is 15.3. The van der Waals surface area contributed by atoms with Crippen LogP contribution in [-0.2, 0) is 13.1 Å². The first-order valence-corrected chi connectivity index (χ1v) is 18.6. The average Bonchev–Trinajstić information content (AvgIpc) is 3.61. The molecule has 258 valence electrons. The van der Waals surface area contributed by atoms with Crippen molar-refractivity contribution in [3.8, 4) is 23.0 Å². The molecule has 0 amide bonds. The van der Waals surface area contributed by atoms with Crippen molar-refractivity contribution < 1.29 is 8.97 Å². The molecule has 7 heteroatoms. The summed E-state index contributed by atoms with van der Waals surface area (Å²) in [6, 6.07) is 23.4. The number of pyridine rings is 1. The Morgan fingerprint density at radius 2 is 0.792 bits per heavy atom. The summed E-state index contributed by atoms with van der Waals surface area (Å²) < 4.78 is 6.90. The number of aryl methyl sites for hydroxylation is 2. The molecule has 0 saturated heterocycles. The van der Waals surface area contributed by atoms with Crippen LogP contribution >= 0.6 is 0 Å². The van der Waals surface area contributed by atoms with Gasteiger partial charge in [-0.2, -0.15) is 0 Å². The molecule has 0 atom stereocenters. The minimum absolute atomic E-state index is 0.913. The molecule has 3 aromatic heterocycles. The van der Waals surface area contributed by atoms with Crippen molar-refractivity contribution in [2.75, 3.05) is 55.4 Å². The zero-order chi connectivity index (χ0) is 34.0. The van der Waals surface area contributed by atoms with Crippen LogP contribution in [0.25, 0.3) is 45.1 Å². The van der Waals surface area contributed by atoms with Crippen LogP contribution in [-0.4, -0.2) is 88.4 Å². The highest BCUT2D eigenvalue weighted by Crippen LogP contribution is 2.29. The highest BCUT2D eigenvalue weighted by Gasteiger charge is 2.18. The summed E-state index contributed by atoms with van der Waals surface area (Å²) in [5, 5.41) is 0. The highest BCUT2D eigenvalue weighted by molar-refractivity contribution is 5.82. The Morgan fingerprint density at radius 1 is 0.417 bits per heavy atom.